The number of rotatable bonds is 3. The number of benzene rings is 1. The summed E-state index contributed by atoms with van der Waals surface area (Å²) in [6, 6.07) is 8.37. The van der Waals surface area contributed by atoms with Crippen molar-refractivity contribution < 1.29 is 4.74 Å². The zero-order chi connectivity index (χ0) is 15.6. The first-order chi connectivity index (χ1) is 9.79. The van der Waals surface area contributed by atoms with E-state index in [0.717, 1.165) is 16.5 Å². The fourth-order valence-electron chi connectivity index (χ4n) is 2.17. The van der Waals surface area contributed by atoms with E-state index in [-0.39, 0.29) is 5.41 Å². The molecule has 0 fully saturated rings. The molecule has 0 saturated heterocycles. The van der Waals surface area contributed by atoms with Gasteiger partial charge in [-0.25, -0.2) is 4.98 Å². The summed E-state index contributed by atoms with van der Waals surface area (Å²) in [5.41, 5.74) is 3.09. The molecule has 3 nitrogen and oxygen atoms in total. The van der Waals surface area contributed by atoms with Crippen LogP contribution in [0, 0.1) is 25.2 Å². The molecular formula is C17H20N2OS. The molecule has 1 aromatic heterocycles. The number of aromatic nitrogens is 1. The van der Waals surface area contributed by atoms with Gasteiger partial charge in [-0.05, 0) is 37.1 Å². The predicted molar refractivity (Wildman–Crippen MR) is 85.8 cm³/mol. The van der Waals surface area contributed by atoms with Crippen molar-refractivity contribution in [3.05, 3.63) is 44.9 Å². The van der Waals surface area contributed by atoms with E-state index in [2.05, 4.69) is 51.7 Å². The van der Waals surface area contributed by atoms with Gasteiger partial charge in [-0.1, -0.05) is 26.8 Å². The van der Waals surface area contributed by atoms with Gasteiger partial charge in [-0.3, -0.25) is 0 Å². The maximum absolute atomic E-state index is 9.23. The van der Waals surface area contributed by atoms with Gasteiger partial charge in [-0.2, -0.15) is 5.26 Å². The molecule has 0 aliphatic rings. The van der Waals surface area contributed by atoms with Crippen LogP contribution in [0.15, 0.2) is 18.2 Å². The molecule has 21 heavy (non-hydrogen) atoms. The third kappa shape index (κ3) is 3.83. The van der Waals surface area contributed by atoms with Gasteiger partial charge in [0.2, 0.25) is 0 Å². The molecule has 110 valence electrons. The quantitative estimate of drug-likeness (QED) is 0.838. The Morgan fingerprint density at radius 2 is 1.81 bits per heavy atom. The first-order valence-corrected chi connectivity index (χ1v) is 7.72. The van der Waals surface area contributed by atoms with Crippen molar-refractivity contribution in [3.8, 4) is 11.8 Å². The summed E-state index contributed by atoms with van der Waals surface area (Å²) >= 11 is 1.42. The van der Waals surface area contributed by atoms with Crippen LogP contribution in [0.2, 0.25) is 0 Å². The van der Waals surface area contributed by atoms with Crippen LogP contribution in [0.5, 0.6) is 5.75 Å². The maximum atomic E-state index is 9.23. The number of hydrogen-bond acceptors (Lipinski definition) is 4. The average Bonchev–Trinajstić information content (AvgIpc) is 2.78. The van der Waals surface area contributed by atoms with Crippen LogP contribution < -0.4 is 4.74 Å². The Morgan fingerprint density at radius 3 is 2.29 bits per heavy atom. The van der Waals surface area contributed by atoms with Gasteiger partial charge in [0, 0.05) is 5.41 Å². The maximum Gasteiger partial charge on any atom is 0.140 e. The molecule has 0 saturated carbocycles. The second-order valence-electron chi connectivity index (χ2n) is 6.26. The summed E-state index contributed by atoms with van der Waals surface area (Å²) in [5, 5.41) is 10.1. The van der Waals surface area contributed by atoms with Gasteiger partial charge in [0.25, 0.3) is 0 Å². The fourth-order valence-corrected chi connectivity index (χ4v) is 3.16. The highest BCUT2D eigenvalue weighted by atomic mass is 32.1. The van der Waals surface area contributed by atoms with Crippen molar-refractivity contribution in [2.75, 3.05) is 0 Å². The fraction of sp³-hybridized carbons (Fsp3) is 0.412. The van der Waals surface area contributed by atoms with E-state index in [1.165, 1.54) is 22.5 Å². The molecule has 1 heterocycles. The van der Waals surface area contributed by atoms with Crippen LogP contribution in [0.25, 0.3) is 0 Å². The molecule has 2 aromatic rings. The zero-order valence-corrected chi connectivity index (χ0v) is 14.0. The number of ether oxygens (including phenoxy) is 1. The number of nitrogens with zero attached hydrogens (tertiary/aromatic N) is 2. The number of hydrogen-bond donors (Lipinski definition) is 0. The molecule has 0 aliphatic carbocycles. The minimum Gasteiger partial charge on any atom is -0.486 e. The van der Waals surface area contributed by atoms with E-state index in [1.807, 2.05) is 12.1 Å². The molecule has 0 atom stereocenters. The summed E-state index contributed by atoms with van der Waals surface area (Å²) < 4.78 is 5.82. The number of thiazole rings is 1. The average molecular weight is 300 g/mol. The third-order valence-electron chi connectivity index (χ3n) is 3.04. The minimum atomic E-state index is -0.125. The Kier molecular flexibility index (Phi) is 4.34. The first kappa shape index (κ1) is 15.5. The van der Waals surface area contributed by atoms with Crippen molar-refractivity contribution >= 4 is 11.3 Å². The molecule has 0 bridgehead atoms. The molecule has 1 aromatic carbocycles. The lowest BCUT2D eigenvalue weighted by Crippen LogP contribution is -2.13. The second-order valence-corrected chi connectivity index (χ2v) is 7.34. The van der Waals surface area contributed by atoms with Crippen molar-refractivity contribution in [2.24, 2.45) is 0 Å². The summed E-state index contributed by atoms with van der Waals surface area (Å²) in [5.74, 6) is 0.846. The molecule has 0 spiro atoms. The standard InChI is InChI=1S/C17H20N2OS/c1-11-6-12(2)8-13(7-11)20-10-15-19-16(17(3,4)5)14(9-18)21-15/h6-8H,10H2,1-5H3. The van der Waals surface area contributed by atoms with Crippen molar-refractivity contribution in [3.63, 3.8) is 0 Å². The molecule has 0 amide bonds. The minimum absolute atomic E-state index is 0.125. The third-order valence-corrected chi connectivity index (χ3v) is 3.97. The van der Waals surface area contributed by atoms with Crippen molar-refractivity contribution in [2.45, 2.75) is 46.6 Å². The SMILES string of the molecule is Cc1cc(C)cc(OCc2nc(C(C)(C)C)c(C#N)s2)c1. The molecule has 4 heteroatoms. The normalized spacial score (nSPS) is 11.2. The van der Waals surface area contributed by atoms with E-state index in [9.17, 15) is 5.26 Å². The van der Waals surface area contributed by atoms with E-state index in [4.69, 9.17) is 4.74 Å². The topological polar surface area (TPSA) is 45.9 Å². The highest BCUT2D eigenvalue weighted by Gasteiger charge is 2.23. The van der Waals surface area contributed by atoms with Crippen LogP contribution in [0.1, 0.15) is 47.5 Å². The Bertz CT molecular complexity index is 670. The van der Waals surface area contributed by atoms with Crippen LogP contribution in [-0.2, 0) is 12.0 Å². The lowest BCUT2D eigenvalue weighted by molar-refractivity contribution is 0.304. The van der Waals surface area contributed by atoms with Crippen molar-refractivity contribution in [1.29, 1.82) is 5.26 Å². The number of aryl methyl sites for hydroxylation is 2. The molecule has 0 radical (unpaired) electrons. The number of nitriles is 1. The van der Waals surface area contributed by atoms with Gasteiger partial charge in [0.1, 0.15) is 28.3 Å². The summed E-state index contributed by atoms with van der Waals surface area (Å²) in [6.07, 6.45) is 0. The summed E-state index contributed by atoms with van der Waals surface area (Å²) in [6.45, 7) is 10.7. The molecule has 0 unspecified atom stereocenters. The van der Waals surface area contributed by atoms with Gasteiger partial charge in [0.15, 0.2) is 0 Å². The van der Waals surface area contributed by atoms with Gasteiger partial charge in [-0.15, -0.1) is 11.3 Å². The molecular weight excluding hydrogens is 280 g/mol. The van der Waals surface area contributed by atoms with Gasteiger partial charge >= 0.3 is 0 Å². The van der Waals surface area contributed by atoms with E-state index in [1.54, 1.807) is 0 Å². The molecule has 0 N–H and O–H groups in total. The van der Waals surface area contributed by atoms with Crippen LogP contribution in [0.4, 0.5) is 0 Å². The molecule has 0 aliphatic heterocycles. The zero-order valence-electron chi connectivity index (χ0n) is 13.2. The van der Waals surface area contributed by atoms with Crippen LogP contribution in [-0.4, -0.2) is 4.98 Å². The summed E-state index contributed by atoms with van der Waals surface area (Å²) in [7, 11) is 0. The highest BCUT2D eigenvalue weighted by molar-refractivity contribution is 7.12. The molecule has 2 rings (SSSR count). The Hall–Kier alpha value is -1.86. The van der Waals surface area contributed by atoms with E-state index < -0.39 is 0 Å². The van der Waals surface area contributed by atoms with Gasteiger partial charge in [0.05, 0.1) is 5.69 Å². The predicted octanol–water partition coefficient (Wildman–Crippen LogP) is 4.51. The lowest BCUT2D eigenvalue weighted by atomic mass is 9.91. The first-order valence-electron chi connectivity index (χ1n) is 6.91. The van der Waals surface area contributed by atoms with E-state index in [0.29, 0.717) is 11.5 Å². The van der Waals surface area contributed by atoms with Crippen LogP contribution in [0.3, 0.4) is 0 Å². The van der Waals surface area contributed by atoms with Crippen molar-refractivity contribution in [1.82, 2.24) is 4.98 Å². The lowest BCUT2D eigenvalue weighted by Gasteiger charge is -2.15. The smallest absolute Gasteiger partial charge is 0.140 e. The summed E-state index contributed by atoms with van der Waals surface area (Å²) in [4.78, 5) is 5.27. The Labute approximate surface area is 130 Å². The Morgan fingerprint density at radius 1 is 1.19 bits per heavy atom. The van der Waals surface area contributed by atoms with Crippen LogP contribution >= 0.6 is 11.3 Å². The Balaban J connectivity index is 2.17. The largest absolute Gasteiger partial charge is 0.486 e. The monoisotopic (exact) mass is 300 g/mol. The second kappa shape index (κ2) is 5.87. The van der Waals surface area contributed by atoms with E-state index >= 15 is 0 Å². The van der Waals surface area contributed by atoms with Gasteiger partial charge < -0.3 is 4.74 Å². The highest BCUT2D eigenvalue weighted by Crippen LogP contribution is 2.29.